The number of amides is 2. The zero-order chi connectivity index (χ0) is 28.7. The lowest BCUT2D eigenvalue weighted by Gasteiger charge is -2.16. The van der Waals surface area contributed by atoms with Crippen molar-refractivity contribution in [3.63, 3.8) is 0 Å². The topological polar surface area (TPSA) is 95.5 Å². The molecule has 4 rings (SSSR count). The van der Waals surface area contributed by atoms with Gasteiger partial charge in [0.25, 0.3) is 11.8 Å². The van der Waals surface area contributed by atoms with Gasteiger partial charge in [0.2, 0.25) is 0 Å². The number of aliphatic carboxylic acids is 1. The van der Waals surface area contributed by atoms with Crippen LogP contribution in [0, 0.1) is 0 Å². The van der Waals surface area contributed by atoms with Gasteiger partial charge >= 0.3 is 12.1 Å². The Morgan fingerprint density at radius 1 is 0.950 bits per heavy atom. The van der Waals surface area contributed by atoms with Gasteiger partial charge in [-0.2, -0.15) is 24.9 Å². The van der Waals surface area contributed by atoms with Gasteiger partial charge in [-0.25, -0.2) is 4.79 Å². The maximum atomic E-state index is 13.2. The molecule has 2 amide bonds. The van der Waals surface area contributed by atoms with Crippen LogP contribution >= 0.6 is 23.1 Å². The number of nitrogens with one attached hydrogen (secondary N) is 2. The Balaban J connectivity index is 1.55. The number of alkyl halides is 3. The first-order valence-corrected chi connectivity index (χ1v) is 13.9. The second-order valence-electron chi connectivity index (χ2n) is 8.65. The lowest BCUT2D eigenvalue weighted by Crippen LogP contribution is -2.45. The van der Waals surface area contributed by atoms with Crippen LogP contribution in [0.15, 0.2) is 90.6 Å². The summed E-state index contributed by atoms with van der Waals surface area (Å²) in [6, 6.07) is 21.1. The first kappa shape index (κ1) is 28.9. The van der Waals surface area contributed by atoms with Crippen molar-refractivity contribution in [2.45, 2.75) is 18.0 Å². The monoisotopic (exact) mass is 584 g/mol. The molecule has 6 nitrogen and oxygen atoms in total. The van der Waals surface area contributed by atoms with Crippen LogP contribution in [0.25, 0.3) is 16.2 Å². The molecule has 40 heavy (non-hydrogen) atoms. The molecular weight excluding hydrogens is 561 g/mol. The third kappa shape index (κ3) is 7.73. The molecule has 1 aromatic heterocycles. The largest absolute Gasteiger partial charge is 0.480 e. The van der Waals surface area contributed by atoms with E-state index in [0.29, 0.717) is 10.6 Å². The van der Waals surface area contributed by atoms with Gasteiger partial charge in [-0.3, -0.25) is 9.59 Å². The van der Waals surface area contributed by atoms with Gasteiger partial charge in [-0.15, -0.1) is 11.3 Å². The summed E-state index contributed by atoms with van der Waals surface area (Å²) in [6.07, 6.45) is -3.33. The Hall–Kier alpha value is -4.09. The van der Waals surface area contributed by atoms with Crippen molar-refractivity contribution < 1.29 is 32.7 Å². The van der Waals surface area contributed by atoms with Crippen LogP contribution in [-0.4, -0.2) is 34.7 Å². The van der Waals surface area contributed by atoms with Crippen LogP contribution in [0.3, 0.4) is 0 Å². The maximum Gasteiger partial charge on any atom is 0.416 e. The van der Waals surface area contributed by atoms with Crippen LogP contribution in [-0.2, 0) is 21.5 Å². The van der Waals surface area contributed by atoms with E-state index >= 15 is 0 Å². The number of fused-ring (bicyclic) bond motifs is 1. The minimum atomic E-state index is -4.54. The van der Waals surface area contributed by atoms with E-state index < -0.39 is 35.6 Å². The number of halogens is 3. The summed E-state index contributed by atoms with van der Waals surface area (Å²) in [7, 11) is 0. The van der Waals surface area contributed by atoms with Gasteiger partial charge < -0.3 is 15.7 Å². The number of carboxylic acids is 1. The average Bonchev–Trinajstić information content (AvgIpc) is 3.37. The first-order chi connectivity index (χ1) is 19.1. The highest BCUT2D eigenvalue weighted by Crippen LogP contribution is 2.29. The first-order valence-electron chi connectivity index (χ1n) is 11.9. The van der Waals surface area contributed by atoms with E-state index in [1.54, 1.807) is 6.07 Å². The van der Waals surface area contributed by atoms with Crippen molar-refractivity contribution in [1.29, 1.82) is 0 Å². The number of hydrogen-bond donors (Lipinski definition) is 3. The molecule has 206 valence electrons. The number of rotatable bonds is 10. The second-order valence-corrected chi connectivity index (χ2v) is 10.8. The Morgan fingerprint density at radius 3 is 2.27 bits per heavy atom. The standard InChI is InChI=1S/C29H23F3N2O4S2/c30-29(31,32)21-12-10-18(11-13-21)14-22(33-27(36)25-15-20-8-4-5-9-24(20)40-25)26(35)34-23(28(37)38)17-39-16-19-6-2-1-3-7-19/h1-15,23H,16-17H2,(H,33,36)(H,34,35)(H,37,38)/b22-14+/t23-/m1/s1. The van der Waals surface area contributed by atoms with Crippen LogP contribution in [0.4, 0.5) is 13.2 Å². The Morgan fingerprint density at radius 2 is 1.62 bits per heavy atom. The molecule has 1 atom stereocenters. The van der Waals surface area contributed by atoms with Crippen LogP contribution in [0.5, 0.6) is 0 Å². The van der Waals surface area contributed by atoms with E-state index in [9.17, 15) is 32.7 Å². The summed E-state index contributed by atoms with van der Waals surface area (Å²) >= 11 is 2.51. The van der Waals surface area contributed by atoms with Crippen molar-refractivity contribution in [1.82, 2.24) is 10.6 Å². The van der Waals surface area contributed by atoms with E-state index in [-0.39, 0.29) is 17.0 Å². The fourth-order valence-corrected chi connectivity index (χ4v) is 5.62. The van der Waals surface area contributed by atoms with Crippen LogP contribution < -0.4 is 10.6 Å². The number of benzene rings is 3. The summed E-state index contributed by atoms with van der Waals surface area (Å²) in [5, 5.41) is 15.5. The molecule has 0 fully saturated rings. The molecule has 0 saturated carbocycles. The van der Waals surface area contributed by atoms with E-state index in [1.165, 1.54) is 29.2 Å². The molecule has 0 aliphatic rings. The molecule has 0 aliphatic carbocycles. The highest BCUT2D eigenvalue weighted by molar-refractivity contribution is 7.98. The Labute approximate surface area is 235 Å². The predicted molar refractivity (Wildman–Crippen MR) is 151 cm³/mol. The lowest BCUT2D eigenvalue weighted by atomic mass is 10.1. The number of thioether (sulfide) groups is 1. The van der Waals surface area contributed by atoms with Crippen molar-refractivity contribution in [2.75, 3.05) is 5.75 Å². The molecule has 11 heteroatoms. The zero-order valence-electron chi connectivity index (χ0n) is 20.8. The normalized spacial score (nSPS) is 12.6. The molecule has 1 heterocycles. The van der Waals surface area contributed by atoms with Gasteiger partial charge in [0.15, 0.2) is 0 Å². The third-order valence-corrected chi connectivity index (χ3v) is 7.91. The molecule has 0 radical (unpaired) electrons. The van der Waals surface area contributed by atoms with Gasteiger partial charge in [-0.1, -0.05) is 60.7 Å². The number of carbonyl (C=O) groups is 3. The summed E-state index contributed by atoms with van der Waals surface area (Å²) in [5.74, 6) is -2.19. The molecular formula is C29H23F3N2O4S2. The molecule has 3 N–H and O–H groups in total. The molecule has 0 aliphatic heterocycles. The van der Waals surface area contributed by atoms with Crippen molar-refractivity contribution in [3.8, 4) is 0 Å². The third-order valence-electron chi connectivity index (χ3n) is 5.69. The lowest BCUT2D eigenvalue weighted by molar-refractivity contribution is -0.140. The van der Waals surface area contributed by atoms with Crippen molar-refractivity contribution in [2.24, 2.45) is 0 Å². The van der Waals surface area contributed by atoms with E-state index in [2.05, 4.69) is 10.6 Å². The number of carbonyl (C=O) groups excluding carboxylic acids is 2. The molecule has 0 saturated heterocycles. The van der Waals surface area contributed by atoms with Crippen molar-refractivity contribution >= 4 is 57.0 Å². The van der Waals surface area contributed by atoms with Gasteiger partial charge in [0, 0.05) is 16.2 Å². The summed E-state index contributed by atoms with van der Waals surface area (Å²) in [4.78, 5) is 38.5. The van der Waals surface area contributed by atoms with Crippen LogP contribution in [0.1, 0.15) is 26.4 Å². The summed E-state index contributed by atoms with van der Waals surface area (Å²) in [5.41, 5.74) is 0.0226. The van der Waals surface area contributed by atoms with E-state index in [1.807, 2.05) is 54.6 Å². The highest BCUT2D eigenvalue weighted by atomic mass is 32.2. The van der Waals surface area contributed by atoms with Gasteiger partial charge in [0.05, 0.1) is 10.4 Å². The van der Waals surface area contributed by atoms with Gasteiger partial charge in [-0.05, 0) is 46.9 Å². The molecule has 0 spiro atoms. The highest BCUT2D eigenvalue weighted by Gasteiger charge is 2.30. The Kier molecular flexibility index (Phi) is 9.28. The van der Waals surface area contributed by atoms with Gasteiger partial charge in [0.1, 0.15) is 11.7 Å². The smallest absolute Gasteiger partial charge is 0.416 e. The zero-order valence-corrected chi connectivity index (χ0v) is 22.4. The maximum absolute atomic E-state index is 13.2. The molecule has 3 aromatic carbocycles. The predicted octanol–water partition coefficient (Wildman–Crippen LogP) is 6.19. The SMILES string of the molecule is O=C(N[C@H](CSCc1ccccc1)C(=O)O)/C(=C\c1ccc(C(F)(F)F)cc1)NC(=O)c1cc2ccccc2s1. The van der Waals surface area contributed by atoms with E-state index in [0.717, 1.165) is 39.9 Å². The van der Waals surface area contributed by atoms with Crippen LogP contribution in [0.2, 0.25) is 0 Å². The fourth-order valence-electron chi connectivity index (χ4n) is 3.65. The Bertz CT molecular complexity index is 1500. The van der Waals surface area contributed by atoms with E-state index in [4.69, 9.17) is 0 Å². The molecule has 4 aromatic rings. The minimum absolute atomic E-state index is 0.0494. The number of carboxylic acid groups (broad SMARTS) is 1. The quantitative estimate of drug-likeness (QED) is 0.193. The number of thiophene rings is 1. The summed E-state index contributed by atoms with van der Waals surface area (Å²) in [6.45, 7) is 0. The molecule has 0 unspecified atom stereocenters. The molecule has 0 bridgehead atoms. The average molecular weight is 585 g/mol. The summed E-state index contributed by atoms with van der Waals surface area (Å²) < 4.78 is 39.8. The number of hydrogen-bond acceptors (Lipinski definition) is 5. The van der Waals surface area contributed by atoms with Crippen molar-refractivity contribution in [3.05, 3.63) is 112 Å². The second kappa shape index (κ2) is 12.8. The fraction of sp³-hybridized carbons (Fsp3) is 0.138. The minimum Gasteiger partial charge on any atom is -0.480 e.